The third-order valence-corrected chi connectivity index (χ3v) is 1.93. The molecule has 0 aromatic heterocycles. The van der Waals surface area contributed by atoms with Crippen LogP contribution in [-0.2, 0) is 6.42 Å². The molecule has 0 heterocycles. The average Bonchev–Trinajstić information content (AvgIpc) is 1.98. The van der Waals surface area contributed by atoms with E-state index in [1.165, 1.54) is 5.56 Å². The standard InChI is InChI=1S/C8H12N2S/c9-4-3-6-1-2-8(11)7(10)5-6/h1-2,5,11H,3-4,9-10H2. The second-order valence-electron chi connectivity index (χ2n) is 2.43. The monoisotopic (exact) mass is 168 g/mol. The molecular formula is C8H12N2S. The van der Waals surface area contributed by atoms with E-state index in [4.69, 9.17) is 11.5 Å². The summed E-state index contributed by atoms with van der Waals surface area (Å²) in [7, 11) is 0. The lowest BCUT2D eigenvalue weighted by Gasteiger charge is -2.02. The number of hydrogen-bond acceptors (Lipinski definition) is 3. The smallest absolute Gasteiger partial charge is 0.0452 e. The zero-order valence-corrected chi connectivity index (χ0v) is 7.14. The summed E-state index contributed by atoms with van der Waals surface area (Å²) in [5.74, 6) is 0. The zero-order chi connectivity index (χ0) is 8.27. The maximum Gasteiger partial charge on any atom is 0.0452 e. The van der Waals surface area contributed by atoms with E-state index in [9.17, 15) is 0 Å². The number of nitrogen functional groups attached to an aromatic ring is 1. The second kappa shape index (κ2) is 3.64. The molecule has 0 amide bonds. The highest BCUT2D eigenvalue weighted by molar-refractivity contribution is 7.80. The van der Waals surface area contributed by atoms with Gasteiger partial charge in [0.25, 0.3) is 0 Å². The van der Waals surface area contributed by atoms with Gasteiger partial charge in [0.1, 0.15) is 0 Å². The van der Waals surface area contributed by atoms with Gasteiger partial charge >= 0.3 is 0 Å². The minimum atomic E-state index is 0.658. The van der Waals surface area contributed by atoms with E-state index in [1.807, 2.05) is 18.2 Å². The van der Waals surface area contributed by atoms with E-state index in [-0.39, 0.29) is 0 Å². The topological polar surface area (TPSA) is 52.0 Å². The van der Waals surface area contributed by atoms with E-state index in [0.717, 1.165) is 17.0 Å². The Labute approximate surface area is 72.0 Å². The van der Waals surface area contributed by atoms with E-state index in [0.29, 0.717) is 6.54 Å². The van der Waals surface area contributed by atoms with Gasteiger partial charge in [0.05, 0.1) is 0 Å². The van der Waals surface area contributed by atoms with Crippen LogP contribution >= 0.6 is 12.6 Å². The fourth-order valence-electron chi connectivity index (χ4n) is 0.926. The minimum absolute atomic E-state index is 0.658. The summed E-state index contributed by atoms with van der Waals surface area (Å²) in [6.45, 7) is 0.658. The van der Waals surface area contributed by atoms with Gasteiger partial charge in [-0.25, -0.2) is 0 Å². The lowest BCUT2D eigenvalue weighted by Crippen LogP contribution is -2.03. The van der Waals surface area contributed by atoms with Crippen molar-refractivity contribution in [1.82, 2.24) is 0 Å². The highest BCUT2D eigenvalue weighted by atomic mass is 32.1. The number of thiol groups is 1. The molecule has 2 nitrogen and oxygen atoms in total. The molecule has 0 aliphatic heterocycles. The molecule has 4 N–H and O–H groups in total. The normalized spacial score (nSPS) is 10.0. The van der Waals surface area contributed by atoms with Crippen LogP contribution in [0.25, 0.3) is 0 Å². The Hall–Kier alpha value is -0.670. The first-order valence-electron chi connectivity index (χ1n) is 3.51. The quantitative estimate of drug-likeness (QED) is 0.457. The molecule has 0 aliphatic carbocycles. The first-order chi connectivity index (χ1) is 5.24. The van der Waals surface area contributed by atoms with Gasteiger partial charge in [0.2, 0.25) is 0 Å². The number of hydrogen-bond donors (Lipinski definition) is 3. The van der Waals surface area contributed by atoms with Crippen LogP contribution in [-0.4, -0.2) is 6.54 Å². The molecule has 0 atom stereocenters. The van der Waals surface area contributed by atoms with Gasteiger partial charge in [-0.3, -0.25) is 0 Å². The molecule has 1 rings (SSSR count). The summed E-state index contributed by atoms with van der Waals surface area (Å²) >= 11 is 4.16. The number of benzene rings is 1. The molecule has 0 fully saturated rings. The molecule has 0 saturated heterocycles. The Balaban J connectivity index is 2.86. The van der Waals surface area contributed by atoms with Gasteiger partial charge < -0.3 is 11.5 Å². The van der Waals surface area contributed by atoms with Crippen LogP contribution in [0, 0.1) is 0 Å². The molecule has 0 spiro atoms. The van der Waals surface area contributed by atoms with Crippen molar-refractivity contribution in [2.45, 2.75) is 11.3 Å². The van der Waals surface area contributed by atoms with Crippen LogP contribution in [0.15, 0.2) is 23.1 Å². The first kappa shape index (κ1) is 8.43. The Morgan fingerprint density at radius 2 is 2.09 bits per heavy atom. The van der Waals surface area contributed by atoms with Gasteiger partial charge in [-0.2, -0.15) is 0 Å². The molecule has 3 heteroatoms. The predicted molar refractivity (Wildman–Crippen MR) is 50.9 cm³/mol. The summed E-state index contributed by atoms with van der Waals surface area (Å²) in [4.78, 5) is 0.825. The van der Waals surface area contributed by atoms with Crippen molar-refractivity contribution in [3.05, 3.63) is 23.8 Å². The molecule has 1 aromatic carbocycles. The molecule has 0 saturated carbocycles. The molecule has 60 valence electrons. The maximum absolute atomic E-state index is 5.63. The Morgan fingerprint density at radius 1 is 1.36 bits per heavy atom. The van der Waals surface area contributed by atoms with Gasteiger partial charge in [-0.1, -0.05) is 6.07 Å². The third kappa shape index (κ3) is 2.13. The molecule has 0 radical (unpaired) electrons. The van der Waals surface area contributed by atoms with Crippen molar-refractivity contribution in [3.63, 3.8) is 0 Å². The molecule has 1 aromatic rings. The fourth-order valence-corrected chi connectivity index (χ4v) is 1.07. The van der Waals surface area contributed by atoms with Gasteiger partial charge in [-0.15, -0.1) is 12.6 Å². The SMILES string of the molecule is NCCc1ccc(S)c(N)c1. The van der Waals surface area contributed by atoms with Crippen molar-refractivity contribution in [2.24, 2.45) is 5.73 Å². The van der Waals surface area contributed by atoms with Crippen molar-refractivity contribution < 1.29 is 0 Å². The number of rotatable bonds is 2. The van der Waals surface area contributed by atoms with Crippen LogP contribution in [0.2, 0.25) is 0 Å². The summed E-state index contributed by atoms with van der Waals surface area (Å²) < 4.78 is 0. The number of anilines is 1. The molecule has 11 heavy (non-hydrogen) atoms. The Bertz CT molecular complexity index is 248. The fraction of sp³-hybridized carbons (Fsp3) is 0.250. The summed E-state index contributed by atoms with van der Waals surface area (Å²) in [6, 6.07) is 5.80. The van der Waals surface area contributed by atoms with E-state index in [1.54, 1.807) is 0 Å². The average molecular weight is 168 g/mol. The minimum Gasteiger partial charge on any atom is -0.398 e. The van der Waals surface area contributed by atoms with Crippen LogP contribution in [0.1, 0.15) is 5.56 Å². The summed E-state index contributed by atoms with van der Waals surface area (Å²) in [6.07, 6.45) is 0.873. The van der Waals surface area contributed by atoms with Crippen LogP contribution in [0.4, 0.5) is 5.69 Å². The Morgan fingerprint density at radius 3 is 2.64 bits per heavy atom. The summed E-state index contributed by atoms with van der Waals surface area (Å²) in [5, 5.41) is 0. The first-order valence-corrected chi connectivity index (χ1v) is 3.96. The molecule has 0 bridgehead atoms. The van der Waals surface area contributed by atoms with Gasteiger partial charge in [-0.05, 0) is 30.7 Å². The summed E-state index contributed by atoms with van der Waals surface area (Å²) in [5.41, 5.74) is 12.9. The van der Waals surface area contributed by atoms with Crippen molar-refractivity contribution in [1.29, 1.82) is 0 Å². The van der Waals surface area contributed by atoms with Crippen LogP contribution in [0.5, 0.6) is 0 Å². The highest BCUT2D eigenvalue weighted by Crippen LogP contribution is 2.17. The molecule has 0 aliphatic rings. The van der Waals surface area contributed by atoms with E-state index in [2.05, 4.69) is 12.6 Å². The molecule has 0 unspecified atom stereocenters. The van der Waals surface area contributed by atoms with Gasteiger partial charge in [0.15, 0.2) is 0 Å². The maximum atomic E-state index is 5.63. The van der Waals surface area contributed by atoms with Crippen LogP contribution in [0.3, 0.4) is 0 Å². The third-order valence-electron chi connectivity index (χ3n) is 1.52. The number of nitrogens with two attached hydrogens (primary N) is 2. The highest BCUT2D eigenvalue weighted by Gasteiger charge is 1.95. The van der Waals surface area contributed by atoms with Crippen molar-refractivity contribution in [3.8, 4) is 0 Å². The lowest BCUT2D eigenvalue weighted by molar-refractivity contribution is 0.967. The van der Waals surface area contributed by atoms with Crippen molar-refractivity contribution in [2.75, 3.05) is 12.3 Å². The molecular weight excluding hydrogens is 156 g/mol. The van der Waals surface area contributed by atoms with Crippen molar-refractivity contribution >= 4 is 18.3 Å². The Kier molecular flexibility index (Phi) is 2.79. The zero-order valence-electron chi connectivity index (χ0n) is 6.25. The largest absolute Gasteiger partial charge is 0.398 e. The van der Waals surface area contributed by atoms with E-state index < -0.39 is 0 Å². The predicted octanol–water partition coefficient (Wildman–Crippen LogP) is 1.06. The van der Waals surface area contributed by atoms with Gasteiger partial charge in [0, 0.05) is 10.6 Å². The lowest BCUT2D eigenvalue weighted by atomic mass is 10.1. The van der Waals surface area contributed by atoms with Crippen LogP contribution < -0.4 is 11.5 Å². The second-order valence-corrected chi connectivity index (χ2v) is 2.91. The van der Waals surface area contributed by atoms with E-state index >= 15 is 0 Å².